The standard InChI is InChI=1S/C17H30F2N2O3/c1-6-14-12(13(11(2)20)9-23-10-15(18)19)7-8-21(14)16(22)24-17(3,4)5/h6,11-15H,1,7-10,20H2,2-5H3/t11-,12+,13-,14?/m0/s1. The van der Waals surface area contributed by atoms with Crippen LogP contribution in [0.5, 0.6) is 0 Å². The van der Waals surface area contributed by atoms with Gasteiger partial charge in [-0.3, -0.25) is 0 Å². The number of rotatable bonds is 7. The minimum absolute atomic E-state index is 0.00712. The second kappa shape index (κ2) is 8.76. The minimum Gasteiger partial charge on any atom is -0.444 e. The largest absolute Gasteiger partial charge is 0.444 e. The van der Waals surface area contributed by atoms with Crippen LogP contribution in [-0.2, 0) is 9.47 Å². The molecular weight excluding hydrogens is 318 g/mol. The molecular formula is C17H30F2N2O3. The number of carbonyl (C=O) groups excluding carboxylic acids is 1. The summed E-state index contributed by atoms with van der Waals surface area (Å²) in [4.78, 5) is 14.0. The molecule has 7 heteroatoms. The van der Waals surface area contributed by atoms with Crippen LogP contribution in [0.4, 0.5) is 13.6 Å². The molecule has 1 saturated heterocycles. The van der Waals surface area contributed by atoms with Crippen molar-refractivity contribution in [2.45, 2.75) is 58.2 Å². The van der Waals surface area contributed by atoms with Crippen molar-refractivity contribution in [3.63, 3.8) is 0 Å². The van der Waals surface area contributed by atoms with Gasteiger partial charge in [0.15, 0.2) is 0 Å². The van der Waals surface area contributed by atoms with Crippen LogP contribution in [0.15, 0.2) is 12.7 Å². The Morgan fingerprint density at radius 3 is 2.50 bits per heavy atom. The number of nitrogens with two attached hydrogens (primary N) is 1. The zero-order valence-corrected chi connectivity index (χ0v) is 15.0. The van der Waals surface area contributed by atoms with Gasteiger partial charge in [-0.15, -0.1) is 6.58 Å². The van der Waals surface area contributed by atoms with Crippen LogP contribution >= 0.6 is 0 Å². The number of nitrogens with zero attached hydrogens (tertiary/aromatic N) is 1. The van der Waals surface area contributed by atoms with Gasteiger partial charge in [0.1, 0.15) is 12.2 Å². The topological polar surface area (TPSA) is 64.8 Å². The van der Waals surface area contributed by atoms with Gasteiger partial charge in [-0.05, 0) is 40.0 Å². The molecule has 5 nitrogen and oxygen atoms in total. The first-order valence-electron chi connectivity index (χ1n) is 8.30. The van der Waals surface area contributed by atoms with E-state index in [0.717, 1.165) is 0 Å². The summed E-state index contributed by atoms with van der Waals surface area (Å²) in [6.45, 7) is 11.1. The van der Waals surface area contributed by atoms with Crippen LogP contribution < -0.4 is 5.73 Å². The van der Waals surface area contributed by atoms with E-state index in [-0.39, 0.29) is 30.5 Å². The molecule has 1 fully saturated rings. The van der Waals surface area contributed by atoms with Crippen molar-refractivity contribution in [3.8, 4) is 0 Å². The SMILES string of the molecule is C=CC1[C@@H]([C@@H](COCC(F)F)[C@H](C)N)CCN1C(=O)OC(C)(C)C. The van der Waals surface area contributed by atoms with E-state index in [0.29, 0.717) is 13.0 Å². The number of hydrogen-bond donors (Lipinski definition) is 1. The molecule has 1 aliphatic rings. The predicted molar refractivity (Wildman–Crippen MR) is 89.0 cm³/mol. The van der Waals surface area contributed by atoms with E-state index in [9.17, 15) is 13.6 Å². The lowest BCUT2D eigenvalue weighted by Gasteiger charge is -2.33. The van der Waals surface area contributed by atoms with Gasteiger partial charge < -0.3 is 20.1 Å². The van der Waals surface area contributed by atoms with Gasteiger partial charge in [0.2, 0.25) is 0 Å². The average molecular weight is 348 g/mol. The maximum absolute atomic E-state index is 12.4. The van der Waals surface area contributed by atoms with Gasteiger partial charge in [-0.2, -0.15) is 0 Å². The molecule has 0 aromatic rings. The summed E-state index contributed by atoms with van der Waals surface area (Å²) in [5, 5.41) is 0. The fraction of sp³-hybridized carbons (Fsp3) is 0.824. The smallest absolute Gasteiger partial charge is 0.410 e. The predicted octanol–water partition coefficient (Wildman–Crippen LogP) is 3.04. The lowest BCUT2D eigenvalue weighted by molar-refractivity contribution is -0.0107. The second-order valence-electron chi connectivity index (χ2n) is 7.30. The molecule has 1 heterocycles. The maximum Gasteiger partial charge on any atom is 0.410 e. The number of likely N-dealkylation sites (tertiary alicyclic amines) is 1. The quantitative estimate of drug-likeness (QED) is 0.718. The first-order valence-corrected chi connectivity index (χ1v) is 8.30. The van der Waals surface area contributed by atoms with Gasteiger partial charge in [0.25, 0.3) is 6.43 Å². The monoisotopic (exact) mass is 348 g/mol. The highest BCUT2D eigenvalue weighted by Crippen LogP contribution is 2.34. The molecule has 1 unspecified atom stereocenters. The van der Waals surface area contributed by atoms with Crippen molar-refractivity contribution in [1.82, 2.24) is 4.90 Å². The Kier molecular flexibility index (Phi) is 7.60. The second-order valence-corrected chi connectivity index (χ2v) is 7.30. The molecule has 0 radical (unpaired) electrons. The van der Waals surface area contributed by atoms with Gasteiger partial charge >= 0.3 is 6.09 Å². The van der Waals surface area contributed by atoms with Gasteiger partial charge in [-0.25, -0.2) is 13.6 Å². The Labute approximate surface area is 143 Å². The molecule has 1 amide bonds. The number of ether oxygens (including phenoxy) is 2. The Morgan fingerprint density at radius 2 is 2.04 bits per heavy atom. The van der Waals surface area contributed by atoms with Crippen molar-refractivity contribution in [3.05, 3.63) is 12.7 Å². The average Bonchev–Trinajstić information content (AvgIpc) is 2.84. The molecule has 1 rings (SSSR count). The summed E-state index contributed by atoms with van der Waals surface area (Å²) < 4.78 is 35.1. The number of halogens is 2. The van der Waals surface area contributed by atoms with Crippen molar-refractivity contribution in [1.29, 1.82) is 0 Å². The van der Waals surface area contributed by atoms with Crippen LogP contribution in [-0.4, -0.2) is 54.9 Å². The minimum atomic E-state index is -2.50. The molecule has 2 N–H and O–H groups in total. The van der Waals surface area contributed by atoms with E-state index in [1.807, 2.05) is 27.7 Å². The number of amides is 1. The Hall–Kier alpha value is -1.21. The molecule has 24 heavy (non-hydrogen) atoms. The molecule has 4 atom stereocenters. The number of alkyl halides is 2. The summed E-state index contributed by atoms with van der Waals surface area (Å²) >= 11 is 0. The molecule has 140 valence electrons. The lowest BCUT2D eigenvalue weighted by atomic mass is 9.82. The van der Waals surface area contributed by atoms with E-state index in [1.165, 1.54) is 0 Å². The van der Waals surface area contributed by atoms with Crippen molar-refractivity contribution >= 4 is 6.09 Å². The molecule has 0 aromatic heterocycles. The highest BCUT2D eigenvalue weighted by atomic mass is 19.3. The first kappa shape index (κ1) is 20.8. The fourth-order valence-electron chi connectivity index (χ4n) is 3.10. The highest BCUT2D eigenvalue weighted by Gasteiger charge is 2.42. The van der Waals surface area contributed by atoms with E-state index in [4.69, 9.17) is 15.2 Å². The van der Waals surface area contributed by atoms with Crippen molar-refractivity contribution < 1.29 is 23.0 Å². The summed E-state index contributed by atoms with van der Waals surface area (Å²) in [5.74, 6) is -0.133. The normalized spacial score (nSPS) is 24.1. The van der Waals surface area contributed by atoms with Crippen LogP contribution in [0, 0.1) is 11.8 Å². The fourth-order valence-corrected chi connectivity index (χ4v) is 3.10. The first-order chi connectivity index (χ1) is 11.1. The third kappa shape index (κ3) is 6.02. The zero-order valence-electron chi connectivity index (χ0n) is 15.0. The van der Waals surface area contributed by atoms with Crippen LogP contribution in [0.25, 0.3) is 0 Å². The van der Waals surface area contributed by atoms with Gasteiger partial charge in [0.05, 0.1) is 12.6 Å². The summed E-state index contributed by atoms with van der Waals surface area (Å²) in [6, 6.07) is -0.486. The zero-order chi connectivity index (χ0) is 18.5. The molecule has 0 aromatic carbocycles. The Bertz CT molecular complexity index is 425. The van der Waals surface area contributed by atoms with Crippen LogP contribution in [0.2, 0.25) is 0 Å². The molecule has 0 aliphatic carbocycles. The molecule has 0 spiro atoms. The van der Waals surface area contributed by atoms with Crippen molar-refractivity contribution in [2.75, 3.05) is 19.8 Å². The van der Waals surface area contributed by atoms with E-state index < -0.39 is 24.7 Å². The number of carbonyl (C=O) groups is 1. The van der Waals surface area contributed by atoms with Crippen LogP contribution in [0.3, 0.4) is 0 Å². The summed E-state index contributed by atoms with van der Waals surface area (Å²) in [5.41, 5.74) is 5.46. The summed E-state index contributed by atoms with van der Waals surface area (Å²) in [6.07, 6.45) is -0.493. The highest BCUT2D eigenvalue weighted by molar-refractivity contribution is 5.69. The summed E-state index contributed by atoms with van der Waals surface area (Å²) in [7, 11) is 0. The van der Waals surface area contributed by atoms with Crippen molar-refractivity contribution in [2.24, 2.45) is 17.6 Å². The van der Waals surface area contributed by atoms with Crippen LogP contribution in [0.1, 0.15) is 34.1 Å². The van der Waals surface area contributed by atoms with E-state index in [1.54, 1.807) is 11.0 Å². The van der Waals surface area contributed by atoms with Gasteiger partial charge in [0, 0.05) is 18.5 Å². The Morgan fingerprint density at radius 1 is 1.42 bits per heavy atom. The molecule has 0 saturated carbocycles. The van der Waals surface area contributed by atoms with E-state index >= 15 is 0 Å². The maximum atomic E-state index is 12.4. The van der Waals surface area contributed by atoms with E-state index in [2.05, 4.69) is 6.58 Å². The van der Waals surface area contributed by atoms with Gasteiger partial charge in [-0.1, -0.05) is 6.08 Å². The lowest BCUT2D eigenvalue weighted by Crippen LogP contribution is -2.45. The third-order valence-corrected chi connectivity index (χ3v) is 4.15. The third-order valence-electron chi connectivity index (χ3n) is 4.15. The molecule has 0 bridgehead atoms. The molecule has 1 aliphatic heterocycles. The number of hydrogen-bond acceptors (Lipinski definition) is 4. The Balaban J connectivity index is 2.79.